The summed E-state index contributed by atoms with van der Waals surface area (Å²) in [6, 6.07) is 0. The van der Waals surface area contributed by atoms with Crippen LogP contribution in [0.1, 0.15) is 83.5 Å². The first-order chi connectivity index (χ1) is 19.9. The zero-order valence-electron chi connectivity index (χ0n) is 25.7. The molecule has 0 radical (unpaired) electrons. The number of rotatable bonds is 10. The monoisotopic (exact) mass is 578 g/mol. The van der Waals surface area contributed by atoms with Gasteiger partial charge in [0.05, 0.1) is 31.0 Å². The van der Waals surface area contributed by atoms with Crippen LogP contribution in [0.2, 0.25) is 0 Å². The fourth-order valence-electron chi connectivity index (χ4n) is 8.65. The van der Waals surface area contributed by atoms with Gasteiger partial charge in [-0.25, -0.2) is 5.32 Å². The van der Waals surface area contributed by atoms with Crippen LogP contribution in [0.15, 0.2) is 0 Å². The number of quaternary nitrogens is 1. The van der Waals surface area contributed by atoms with Crippen LogP contribution in [0.25, 0.3) is 0 Å². The molecule has 234 valence electrons. The molecule has 2 aliphatic carbocycles. The van der Waals surface area contributed by atoms with E-state index in [0.717, 1.165) is 77.3 Å². The molecule has 2 amide bonds. The van der Waals surface area contributed by atoms with Gasteiger partial charge < -0.3 is 29.3 Å². The second kappa shape index (κ2) is 14.4. The second-order valence-corrected chi connectivity index (χ2v) is 13.5. The van der Waals surface area contributed by atoms with E-state index in [2.05, 4.69) is 10.6 Å². The van der Waals surface area contributed by atoms with E-state index in [0.29, 0.717) is 30.9 Å². The van der Waals surface area contributed by atoms with Gasteiger partial charge in [0, 0.05) is 34.4 Å². The average molecular weight is 579 g/mol. The smallest absolute Gasteiger partial charge is 0.234 e. The molecule has 10 nitrogen and oxygen atoms in total. The number of carbonyl (C=O) groups excluding carboxylic acids is 2. The van der Waals surface area contributed by atoms with Gasteiger partial charge in [0.2, 0.25) is 11.8 Å². The van der Waals surface area contributed by atoms with Crippen LogP contribution in [-0.4, -0.2) is 94.5 Å². The summed E-state index contributed by atoms with van der Waals surface area (Å²) in [6.45, 7) is 2.34. The third kappa shape index (κ3) is 7.10. The molecule has 5 aliphatic rings. The van der Waals surface area contributed by atoms with Crippen LogP contribution in [0, 0.1) is 23.7 Å². The summed E-state index contributed by atoms with van der Waals surface area (Å²) in [5.74, 6) is 0.831. The molecule has 3 aliphatic heterocycles. The van der Waals surface area contributed by atoms with Crippen molar-refractivity contribution < 1.29 is 28.7 Å². The van der Waals surface area contributed by atoms with Crippen molar-refractivity contribution in [3.8, 4) is 0 Å². The van der Waals surface area contributed by atoms with Crippen molar-refractivity contribution in [1.29, 1.82) is 0 Å². The van der Waals surface area contributed by atoms with Crippen molar-refractivity contribution in [1.82, 2.24) is 15.5 Å². The molecule has 9 unspecified atom stereocenters. The molecule has 0 spiro atoms. The Labute approximate surface area is 246 Å². The molecule has 5 rings (SSSR count). The number of nitrogens with one attached hydrogen (secondary N) is 3. The highest BCUT2D eigenvalue weighted by Crippen LogP contribution is 2.32. The molecular weight excluding hydrogens is 522 g/mol. The number of methoxy groups -OCH3 is 3. The molecule has 0 aromatic carbocycles. The van der Waals surface area contributed by atoms with Crippen LogP contribution >= 0.6 is 0 Å². The quantitative estimate of drug-likeness (QED) is 0.305. The molecule has 9 atom stereocenters. The first-order valence-corrected chi connectivity index (χ1v) is 16.5. The highest BCUT2D eigenvalue weighted by atomic mass is 16.5. The summed E-state index contributed by atoms with van der Waals surface area (Å²) in [4.78, 5) is 30.7. The molecule has 10 heteroatoms. The largest absolute Gasteiger partial charge is 0.381 e. The van der Waals surface area contributed by atoms with Gasteiger partial charge in [-0.05, 0) is 95.3 Å². The molecule has 5 fully saturated rings. The van der Waals surface area contributed by atoms with Crippen LogP contribution in [0.4, 0.5) is 0 Å². The van der Waals surface area contributed by atoms with E-state index in [1.807, 2.05) is 12.0 Å². The molecule has 3 saturated heterocycles. The summed E-state index contributed by atoms with van der Waals surface area (Å²) < 4.78 is 16.8. The Balaban J connectivity index is 1.21. The number of piperidine rings is 2. The van der Waals surface area contributed by atoms with Crippen molar-refractivity contribution in [2.45, 2.75) is 120 Å². The van der Waals surface area contributed by atoms with Gasteiger partial charge >= 0.3 is 0 Å². The Morgan fingerprint density at radius 1 is 0.951 bits per heavy atom. The van der Waals surface area contributed by atoms with E-state index in [1.165, 1.54) is 17.7 Å². The van der Waals surface area contributed by atoms with E-state index < -0.39 is 0 Å². The highest BCUT2D eigenvalue weighted by molar-refractivity contribution is 5.83. The fourth-order valence-corrected chi connectivity index (χ4v) is 8.65. The van der Waals surface area contributed by atoms with Gasteiger partial charge in [-0.1, -0.05) is 0 Å². The van der Waals surface area contributed by atoms with Gasteiger partial charge in [0.25, 0.3) is 0 Å². The highest BCUT2D eigenvalue weighted by Gasteiger charge is 2.55. The summed E-state index contributed by atoms with van der Waals surface area (Å²) in [7, 11) is 5.32. The topological polar surface area (TPSA) is 120 Å². The summed E-state index contributed by atoms with van der Waals surface area (Å²) in [5, 5.41) is 7.08. The van der Waals surface area contributed by atoms with Crippen molar-refractivity contribution in [3.05, 3.63) is 0 Å². The van der Waals surface area contributed by atoms with Gasteiger partial charge in [-0.3, -0.25) is 15.3 Å². The minimum Gasteiger partial charge on any atom is -0.381 e. The third-order valence-corrected chi connectivity index (χ3v) is 11.2. The molecule has 5 N–H and O–H groups in total. The number of likely N-dealkylation sites (tertiary alicyclic amines) is 1. The number of hydrogen-bond acceptors (Lipinski definition) is 7. The van der Waals surface area contributed by atoms with E-state index >= 15 is 0 Å². The van der Waals surface area contributed by atoms with Crippen LogP contribution in [-0.2, 0) is 23.8 Å². The third-order valence-electron chi connectivity index (χ3n) is 11.2. The number of carbonyl (C=O) groups is 2. The molecule has 2 saturated carbocycles. The van der Waals surface area contributed by atoms with Gasteiger partial charge in [0.15, 0.2) is 12.3 Å². The molecule has 0 aromatic rings. The van der Waals surface area contributed by atoms with E-state index in [-0.39, 0.29) is 54.4 Å². The molecule has 0 aromatic heterocycles. The summed E-state index contributed by atoms with van der Waals surface area (Å²) >= 11 is 0. The number of nitrogens with zero attached hydrogens (tertiary/aromatic N) is 1. The van der Waals surface area contributed by atoms with Crippen molar-refractivity contribution in [2.75, 3.05) is 41.0 Å². The van der Waals surface area contributed by atoms with E-state index in [9.17, 15) is 9.59 Å². The normalized spacial score (nSPS) is 41.4. The number of hydrogen-bond donors (Lipinski definition) is 4. The summed E-state index contributed by atoms with van der Waals surface area (Å²) in [6.07, 6.45) is 13.8. The lowest BCUT2D eigenvalue weighted by Gasteiger charge is -2.52. The Morgan fingerprint density at radius 3 is 2.44 bits per heavy atom. The minimum atomic E-state index is -0.362. The number of amides is 2. The zero-order valence-corrected chi connectivity index (χ0v) is 25.7. The number of nitrogens with two attached hydrogens (primary N) is 1. The second-order valence-electron chi connectivity index (χ2n) is 13.5. The van der Waals surface area contributed by atoms with Crippen LogP contribution < -0.4 is 21.3 Å². The predicted octanol–water partition coefficient (Wildman–Crippen LogP) is 0.992. The van der Waals surface area contributed by atoms with Crippen molar-refractivity contribution in [2.24, 2.45) is 29.4 Å². The van der Waals surface area contributed by atoms with E-state index in [1.54, 1.807) is 14.2 Å². The van der Waals surface area contributed by atoms with Crippen molar-refractivity contribution in [3.63, 3.8) is 0 Å². The van der Waals surface area contributed by atoms with Crippen molar-refractivity contribution >= 4 is 11.8 Å². The predicted molar refractivity (Wildman–Crippen MR) is 156 cm³/mol. The Bertz CT molecular complexity index is 870. The molecular formula is C31H56N5O5+. The molecule has 41 heavy (non-hydrogen) atoms. The Hall–Kier alpha value is -1.30. The SMILES string of the molecule is COC1CCC(CC[NH+]2C(N)C(C(=O)NCCC3CCC(OC)C(OC)C3)CC3C(=O)N4CCCCC4NC32)CC1. The first kappa shape index (κ1) is 31.1. The maximum atomic E-state index is 13.8. The molecule has 0 bridgehead atoms. The lowest BCUT2D eigenvalue weighted by atomic mass is 9.79. The average Bonchev–Trinajstić information content (AvgIpc) is 3.00. The van der Waals surface area contributed by atoms with E-state index in [4.69, 9.17) is 19.9 Å². The first-order valence-electron chi connectivity index (χ1n) is 16.5. The fraction of sp³-hybridized carbons (Fsp3) is 0.935. The maximum Gasteiger partial charge on any atom is 0.234 e. The number of ether oxygens (including phenoxy) is 3. The Morgan fingerprint density at radius 2 is 1.71 bits per heavy atom. The van der Waals surface area contributed by atoms with Crippen LogP contribution in [0.3, 0.4) is 0 Å². The minimum absolute atomic E-state index is 0.0106. The summed E-state index contributed by atoms with van der Waals surface area (Å²) in [5.41, 5.74) is 6.97. The van der Waals surface area contributed by atoms with Gasteiger partial charge in [-0.15, -0.1) is 0 Å². The lowest BCUT2D eigenvalue weighted by Crippen LogP contribution is -3.26. The lowest BCUT2D eigenvalue weighted by molar-refractivity contribution is -0.965. The van der Waals surface area contributed by atoms with Gasteiger partial charge in [-0.2, -0.15) is 0 Å². The van der Waals surface area contributed by atoms with Gasteiger partial charge in [0.1, 0.15) is 11.8 Å². The Kier molecular flexibility index (Phi) is 11.0. The number of fused-ring (bicyclic) bond motifs is 2. The van der Waals surface area contributed by atoms with Crippen LogP contribution in [0.5, 0.6) is 0 Å². The maximum absolute atomic E-state index is 13.8. The standard InChI is InChI=1S/C31H55N5O5/c1-39-22-10-7-20(8-11-22)14-17-36-28(32)23(19-24-29(36)34-27-6-4-5-16-35(27)31(24)38)30(37)33-15-13-21-9-12-25(40-2)26(18-21)41-3/h20-29,34H,4-19,32H2,1-3H3,(H,33,37)/p+1. The zero-order chi connectivity index (χ0) is 28.9. The molecule has 3 heterocycles.